The number of ether oxygens (including phenoxy) is 1. The molecular formula is C10H13IN2O2S. The minimum absolute atomic E-state index is 0.0715. The van der Waals surface area contributed by atoms with Gasteiger partial charge < -0.3 is 10.1 Å². The second-order valence-corrected chi connectivity index (χ2v) is 4.74. The smallest absolute Gasteiger partial charge is 0.406 e. The van der Waals surface area contributed by atoms with E-state index in [1.165, 1.54) is 16.2 Å². The van der Waals surface area contributed by atoms with Gasteiger partial charge in [-0.15, -0.1) is 0 Å². The fourth-order valence-corrected chi connectivity index (χ4v) is 2.47. The van der Waals surface area contributed by atoms with Gasteiger partial charge >= 0.3 is 6.09 Å². The standard InChI is InChI=1S/C10H13IN2O2S/c1-15-10(14)12-7-9(13-16-11)8-5-3-2-4-6-8/h2-6,9,13H,7H2,1H3,(H,12,14). The summed E-state index contributed by atoms with van der Waals surface area (Å²) in [6, 6.07) is 10.0. The number of alkyl carbamates (subject to hydrolysis) is 1. The van der Waals surface area contributed by atoms with E-state index in [0.29, 0.717) is 6.54 Å². The van der Waals surface area contributed by atoms with Crippen LogP contribution in [0.5, 0.6) is 0 Å². The van der Waals surface area contributed by atoms with Gasteiger partial charge in [-0.3, -0.25) is 0 Å². The Kier molecular flexibility index (Phi) is 6.58. The largest absolute Gasteiger partial charge is 0.453 e. The average molecular weight is 352 g/mol. The number of carbonyl (C=O) groups excluding carboxylic acids is 1. The summed E-state index contributed by atoms with van der Waals surface area (Å²) in [7, 11) is 2.85. The molecular weight excluding hydrogens is 339 g/mol. The van der Waals surface area contributed by atoms with E-state index in [0.717, 1.165) is 5.56 Å². The highest BCUT2D eigenvalue weighted by Gasteiger charge is 2.11. The van der Waals surface area contributed by atoms with Crippen molar-refractivity contribution in [3.63, 3.8) is 0 Å². The van der Waals surface area contributed by atoms with Gasteiger partial charge in [-0.1, -0.05) is 30.3 Å². The van der Waals surface area contributed by atoms with Crippen LogP contribution in [0.4, 0.5) is 4.79 Å². The van der Waals surface area contributed by atoms with Gasteiger partial charge in [0, 0.05) is 27.8 Å². The molecule has 0 heterocycles. The summed E-state index contributed by atoms with van der Waals surface area (Å²) in [5, 5.41) is 2.68. The Morgan fingerprint density at radius 2 is 2.19 bits per heavy atom. The first-order valence-corrected chi connectivity index (χ1v) is 8.03. The van der Waals surface area contributed by atoms with Crippen LogP contribution < -0.4 is 10.0 Å². The van der Waals surface area contributed by atoms with Gasteiger partial charge in [0.15, 0.2) is 0 Å². The molecule has 0 aliphatic heterocycles. The van der Waals surface area contributed by atoms with Crippen LogP contribution in [0.15, 0.2) is 30.3 Å². The maximum atomic E-state index is 11.0. The van der Waals surface area contributed by atoms with E-state index in [1.807, 2.05) is 30.3 Å². The van der Waals surface area contributed by atoms with Crippen LogP contribution in [0.3, 0.4) is 0 Å². The van der Waals surface area contributed by atoms with Crippen LogP contribution in [0.25, 0.3) is 0 Å². The Labute approximate surface area is 111 Å². The molecule has 1 rings (SSSR count). The van der Waals surface area contributed by atoms with Crippen molar-refractivity contribution in [2.45, 2.75) is 6.04 Å². The summed E-state index contributed by atoms with van der Waals surface area (Å²) in [5.74, 6) is 0. The molecule has 0 fully saturated rings. The SMILES string of the molecule is COC(=O)NCC(NSI)c1ccccc1. The van der Waals surface area contributed by atoms with Crippen molar-refractivity contribution in [3.05, 3.63) is 35.9 Å². The van der Waals surface area contributed by atoms with E-state index in [4.69, 9.17) is 0 Å². The van der Waals surface area contributed by atoms with Gasteiger partial charge in [0.2, 0.25) is 0 Å². The topological polar surface area (TPSA) is 50.4 Å². The molecule has 1 atom stereocenters. The highest BCUT2D eigenvalue weighted by molar-refractivity contribution is 14.2. The fourth-order valence-electron chi connectivity index (χ4n) is 1.22. The second kappa shape index (κ2) is 7.75. The number of hydrogen-bond acceptors (Lipinski definition) is 4. The van der Waals surface area contributed by atoms with Crippen molar-refractivity contribution in [1.29, 1.82) is 0 Å². The molecule has 16 heavy (non-hydrogen) atoms. The Hall–Kier alpha value is -0.470. The lowest BCUT2D eigenvalue weighted by atomic mass is 10.1. The second-order valence-electron chi connectivity index (χ2n) is 3.03. The molecule has 0 saturated heterocycles. The van der Waals surface area contributed by atoms with Crippen LogP contribution in [-0.2, 0) is 4.74 Å². The van der Waals surface area contributed by atoms with Crippen LogP contribution in [0.2, 0.25) is 0 Å². The summed E-state index contributed by atoms with van der Waals surface area (Å²) >= 11 is 2.16. The molecule has 0 saturated carbocycles. The molecule has 4 nitrogen and oxygen atoms in total. The number of benzene rings is 1. The molecule has 2 N–H and O–H groups in total. The van der Waals surface area contributed by atoms with Gasteiger partial charge in [0.25, 0.3) is 0 Å². The summed E-state index contributed by atoms with van der Waals surface area (Å²) in [6.45, 7) is 0.493. The highest BCUT2D eigenvalue weighted by Crippen LogP contribution is 2.17. The Morgan fingerprint density at radius 1 is 1.50 bits per heavy atom. The molecule has 0 aliphatic rings. The first-order chi connectivity index (χ1) is 7.77. The molecule has 0 aromatic heterocycles. The summed E-state index contributed by atoms with van der Waals surface area (Å²) < 4.78 is 7.74. The lowest BCUT2D eigenvalue weighted by Gasteiger charge is -2.17. The van der Waals surface area contributed by atoms with Crippen LogP contribution in [0, 0.1) is 0 Å². The molecule has 0 spiro atoms. The molecule has 0 radical (unpaired) electrons. The lowest BCUT2D eigenvalue weighted by Crippen LogP contribution is -2.32. The van der Waals surface area contributed by atoms with E-state index in [1.54, 1.807) is 0 Å². The molecule has 6 heteroatoms. The first kappa shape index (κ1) is 13.6. The molecule has 1 unspecified atom stereocenters. The van der Waals surface area contributed by atoms with Crippen molar-refractivity contribution in [2.24, 2.45) is 0 Å². The summed E-state index contributed by atoms with van der Waals surface area (Å²) in [5.41, 5.74) is 1.13. The predicted molar refractivity (Wildman–Crippen MR) is 74.3 cm³/mol. The Balaban J connectivity index is 2.57. The molecule has 0 bridgehead atoms. The number of hydrogen-bond donors (Lipinski definition) is 2. The van der Waals surface area contributed by atoms with Crippen LogP contribution in [0.1, 0.15) is 11.6 Å². The quantitative estimate of drug-likeness (QED) is 0.632. The van der Waals surface area contributed by atoms with E-state index in [9.17, 15) is 4.79 Å². The summed E-state index contributed by atoms with van der Waals surface area (Å²) in [6.07, 6.45) is -0.416. The van der Waals surface area contributed by atoms with Crippen molar-refractivity contribution >= 4 is 36.4 Å². The number of amides is 1. The van der Waals surface area contributed by atoms with E-state index in [2.05, 4.69) is 36.0 Å². The normalized spacial score (nSPS) is 11.9. The zero-order valence-corrected chi connectivity index (χ0v) is 11.7. The van der Waals surface area contributed by atoms with Crippen LogP contribution in [-0.4, -0.2) is 19.7 Å². The van der Waals surface area contributed by atoms with Crippen molar-refractivity contribution in [1.82, 2.24) is 10.0 Å². The average Bonchev–Trinajstić information content (AvgIpc) is 2.35. The van der Waals surface area contributed by atoms with E-state index >= 15 is 0 Å². The van der Waals surface area contributed by atoms with Gasteiger partial charge in [0.1, 0.15) is 0 Å². The van der Waals surface area contributed by atoms with E-state index in [-0.39, 0.29) is 6.04 Å². The third-order valence-electron chi connectivity index (χ3n) is 2.02. The minimum atomic E-state index is -0.416. The van der Waals surface area contributed by atoms with Crippen molar-refractivity contribution < 1.29 is 9.53 Å². The third kappa shape index (κ3) is 4.58. The minimum Gasteiger partial charge on any atom is -0.453 e. The predicted octanol–water partition coefficient (Wildman–Crippen LogP) is 2.67. The Bertz CT molecular complexity index is 324. The number of rotatable bonds is 5. The summed E-state index contributed by atoms with van der Waals surface area (Å²) in [4.78, 5) is 11.0. The van der Waals surface area contributed by atoms with Gasteiger partial charge in [-0.2, -0.15) is 0 Å². The number of halogens is 1. The molecule has 1 aromatic carbocycles. The van der Waals surface area contributed by atoms with Gasteiger partial charge in [-0.05, 0) is 14.7 Å². The molecule has 1 amide bonds. The number of methoxy groups -OCH3 is 1. The zero-order chi connectivity index (χ0) is 11.8. The first-order valence-electron chi connectivity index (χ1n) is 4.67. The lowest BCUT2D eigenvalue weighted by molar-refractivity contribution is 0.170. The van der Waals surface area contributed by atoms with E-state index < -0.39 is 6.09 Å². The maximum absolute atomic E-state index is 11.0. The third-order valence-corrected chi connectivity index (χ3v) is 3.16. The highest BCUT2D eigenvalue weighted by atomic mass is 127. The van der Waals surface area contributed by atoms with Gasteiger partial charge in [-0.25, -0.2) is 9.52 Å². The van der Waals surface area contributed by atoms with Gasteiger partial charge in [0.05, 0.1) is 13.2 Å². The Morgan fingerprint density at radius 3 is 2.75 bits per heavy atom. The van der Waals surface area contributed by atoms with Crippen molar-refractivity contribution in [2.75, 3.05) is 13.7 Å². The van der Waals surface area contributed by atoms with Crippen molar-refractivity contribution in [3.8, 4) is 0 Å². The fraction of sp³-hybridized carbons (Fsp3) is 0.300. The monoisotopic (exact) mass is 352 g/mol. The van der Waals surface area contributed by atoms with Crippen LogP contribution >= 0.6 is 30.3 Å². The number of carbonyl (C=O) groups is 1. The maximum Gasteiger partial charge on any atom is 0.406 e. The molecule has 0 aliphatic carbocycles. The zero-order valence-electron chi connectivity index (χ0n) is 8.77. The molecule has 88 valence electrons. The number of nitrogens with one attached hydrogen (secondary N) is 2. The molecule has 1 aromatic rings.